The molecule has 1 aliphatic rings. The summed E-state index contributed by atoms with van der Waals surface area (Å²) in [6.07, 6.45) is 3.00. The molecule has 0 bridgehead atoms. The van der Waals surface area contributed by atoms with Gasteiger partial charge in [0.05, 0.1) is 11.9 Å². The van der Waals surface area contributed by atoms with E-state index >= 15 is 0 Å². The molecule has 1 aromatic heterocycles. The number of nitrogens with zero attached hydrogens (tertiary/aromatic N) is 3. The monoisotopic (exact) mass is 220 g/mol. The zero-order valence-corrected chi connectivity index (χ0v) is 10.1. The van der Waals surface area contributed by atoms with Crippen LogP contribution in [0.15, 0.2) is 18.3 Å². The normalized spacial score (nSPS) is 21.2. The standard InChI is InChI=1S/C12H20N4/c1-15-6-5-10(8-15)9-16(2)12-4-3-11(13)7-14-12/h3-4,7,10H,5-6,8-9,13H2,1-2H3. The lowest BCUT2D eigenvalue weighted by molar-refractivity contribution is 0.395. The maximum Gasteiger partial charge on any atom is 0.128 e. The summed E-state index contributed by atoms with van der Waals surface area (Å²) in [5, 5.41) is 0. The smallest absolute Gasteiger partial charge is 0.128 e. The van der Waals surface area contributed by atoms with E-state index in [2.05, 4.69) is 28.9 Å². The summed E-state index contributed by atoms with van der Waals surface area (Å²) in [5.41, 5.74) is 6.34. The molecule has 88 valence electrons. The molecule has 0 spiro atoms. The van der Waals surface area contributed by atoms with Gasteiger partial charge in [-0.25, -0.2) is 4.98 Å². The number of aromatic nitrogens is 1. The van der Waals surface area contributed by atoms with E-state index in [0.29, 0.717) is 0 Å². The first-order valence-electron chi connectivity index (χ1n) is 5.76. The van der Waals surface area contributed by atoms with E-state index in [9.17, 15) is 0 Å². The topological polar surface area (TPSA) is 45.4 Å². The third-order valence-corrected chi connectivity index (χ3v) is 3.18. The minimum absolute atomic E-state index is 0.720. The van der Waals surface area contributed by atoms with Crippen molar-refractivity contribution in [3.8, 4) is 0 Å². The van der Waals surface area contributed by atoms with Crippen LogP contribution in [0.1, 0.15) is 6.42 Å². The van der Waals surface area contributed by atoms with Gasteiger partial charge < -0.3 is 15.5 Å². The van der Waals surface area contributed by atoms with Crippen LogP contribution in [0, 0.1) is 5.92 Å². The van der Waals surface area contributed by atoms with Crippen LogP contribution in [0.2, 0.25) is 0 Å². The molecule has 0 saturated carbocycles. The molecule has 2 N–H and O–H groups in total. The summed E-state index contributed by atoms with van der Waals surface area (Å²) < 4.78 is 0. The van der Waals surface area contributed by atoms with Gasteiger partial charge in [-0.3, -0.25) is 0 Å². The number of nitrogen functional groups attached to an aromatic ring is 1. The summed E-state index contributed by atoms with van der Waals surface area (Å²) in [6, 6.07) is 3.88. The number of pyridine rings is 1. The predicted octanol–water partition coefficient (Wildman–Crippen LogP) is 1.05. The van der Waals surface area contributed by atoms with Gasteiger partial charge in [0.1, 0.15) is 5.82 Å². The van der Waals surface area contributed by atoms with Crippen molar-refractivity contribution in [3.05, 3.63) is 18.3 Å². The Hall–Kier alpha value is -1.29. The van der Waals surface area contributed by atoms with Crippen LogP contribution in [0.3, 0.4) is 0 Å². The first kappa shape index (κ1) is 11.2. The summed E-state index contributed by atoms with van der Waals surface area (Å²) in [5.74, 6) is 1.76. The molecule has 1 saturated heterocycles. The van der Waals surface area contributed by atoms with Gasteiger partial charge in [0.15, 0.2) is 0 Å². The molecule has 1 atom stereocenters. The summed E-state index contributed by atoms with van der Waals surface area (Å²) in [6.45, 7) is 3.48. The fraction of sp³-hybridized carbons (Fsp3) is 0.583. The minimum Gasteiger partial charge on any atom is -0.397 e. The molecule has 4 nitrogen and oxygen atoms in total. The van der Waals surface area contributed by atoms with Gasteiger partial charge in [-0.05, 0) is 38.1 Å². The summed E-state index contributed by atoms with van der Waals surface area (Å²) in [4.78, 5) is 8.92. The van der Waals surface area contributed by atoms with Crippen molar-refractivity contribution < 1.29 is 0 Å². The second-order valence-corrected chi connectivity index (χ2v) is 4.75. The van der Waals surface area contributed by atoms with E-state index in [1.807, 2.05) is 12.1 Å². The Morgan fingerprint density at radius 2 is 2.38 bits per heavy atom. The Morgan fingerprint density at radius 1 is 1.56 bits per heavy atom. The van der Waals surface area contributed by atoms with Crippen molar-refractivity contribution in [2.45, 2.75) is 6.42 Å². The maximum atomic E-state index is 5.62. The zero-order chi connectivity index (χ0) is 11.5. The van der Waals surface area contributed by atoms with E-state index in [1.54, 1.807) is 6.20 Å². The molecule has 1 aliphatic heterocycles. The first-order chi connectivity index (χ1) is 7.65. The van der Waals surface area contributed by atoms with Crippen LogP contribution in [-0.4, -0.2) is 43.6 Å². The van der Waals surface area contributed by atoms with Crippen molar-refractivity contribution in [3.63, 3.8) is 0 Å². The molecule has 2 heterocycles. The molecule has 0 aromatic carbocycles. The van der Waals surface area contributed by atoms with Gasteiger partial charge in [0, 0.05) is 20.1 Å². The highest BCUT2D eigenvalue weighted by Gasteiger charge is 2.20. The van der Waals surface area contributed by atoms with Crippen LogP contribution < -0.4 is 10.6 Å². The third kappa shape index (κ3) is 2.64. The third-order valence-electron chi connectivity index (χ3n) is 3.18. The predicted molar refractivity (Wildman–Crippen MR) is 67.5 cm³/mol. The summed E-state index contributed by atoms with van der Waals surface area (Å²) in [7, 11) is 4.28. The van der Waals surface area contributed by atoms with Crippen LogP contribution >= 0.6 is 0 Å². The van der Waals surface area contributed by atoms with E-state index in [0.717, 1.165) is 24.0 Å². The van der Waals surface area contributed by atoms with Gasteiger partial charge >= 0.3 is 0 Å². The highest BCUT2D eigenvalue weighted by Crippen LogP contribution is 2.18. The van der Waals surface area contributed by atoms with Crippen LogP contribution in [0.25, 0.3) is 0 Å². The number of likely N-dealkylation sites (tertiary alicyclic amines) is 1. The zero-order valence-electron chi connectivity index (χ0n) is 10.1. The van der Waals surface area contributed by atoms with Gasteiger partial charge in [0.25, 0.3) is 0 Å². The van der Waals surface area contributed by atoms with Crippen LogP contribution in [0.4, 0.5) is 11.5 Å². The Labute approximate surface area is 97.1 Å². The quantitative estimate of drug-likeness (QED) is 0.827. The molecule has 16 heavy (non-hydrogen) atoms. The fourth-order valence-electron chi connectivity index (χ4n) is 2.28. The second kappa shape index (κ2) is 4.70. The highest BCUT2D eigenvalue weighted by atomic mass is 15.2. The molecular weight excluding hydrogens is 200 g/mol. The van der Waals surface area contributed by atoms with Gasteiger partial charge in [-0.2, -0.15) is 0 Å². The van der Waals surface area contributed by atoms with Gasteiger partial charge in [0.2, 0.25) is 0 Å². The SMILES string of the molecule is CN1CCC(CN(C)c2ccc(N)cn2)C1. The number of anilines is 2. The molecule has 1 fully saturated rings. The molecule has 4 heteroatoms. The molecule has 2 rings (SSSR count). The van der Waals surface area contributed by atoms with Crippen LogP contribution in [0.5, 0.6) is 0 Å². The van der Waals surface area contributed by atoms with Gasteiger partial charge in [-0.1, -0.05) is 0 Å². The molecular formula is C12H20N4. The highest BCUT2D eigenvalue weighted by molar-refractivity contribution is 5.45. The Bertz CT molecular complexity index is 335. The fourth-order valence-corrected chi connectivity index (χ4v) is 2.28. The Balaban J connectivity index is 1.92. The number of hydrogen-bond acceptors (Lipinski definition) is 4. The van der Waals surface area contributed by atoms with Crippen molar-refractivity contribution in [1.82, 2.24) is 9.88 Å². The lowest BCUT2D eigenvalue weighted by Crippen LogP contribution is -2.27. The number of rotatable bonds is 3. The number of hydrogen-bond donors (Lipinski definition) is 1. The van der Waals surface area contributed by atoms with Gasteiger partial charge in [-0.15, -0.1) is 0 Å². The maximum absolute atomic E-state index is 5.62. The van der Waals surface area contributed by atoms with E-state index in [4.69, 9.17) is 5.73 Å². The minimum atomic E-state index is 0.720. The molecule has 0 amide bonds. The molecule has 0 radical (unpaired) electrons. The Kier molecular flexibility index (Phi) is 3.29. The van der Waals surface area contributed by atoms with Crippen molar-refractivity contribution in [2.75, 3.05) is 44.4 Å². The molecule has 1 aromatic rings. The van der Waals surface area contributed by atoms with E-state index < -0.39 is 0 Å². The Morgan fingerprint density at radius 3 is 2.94 bits per heavy atom. The average molecular weight is 220 g/mol. The first-order valence-corrected chi connectivity index (χ1v) is 5.76. The van der Waals surface area contributed by atoms with Crippen LogP contribution in [-0.2, 0) is 0 Å². The second-order valence-electron chi connectivity index (χ2n) is 4.75. The van der Waals surface area contributed by atoms with E-state index in [1.165, 1.54) is 19.5 Å². The van der Waals surface area contributed by atoms with Crippen molar-refractivity contribution in [1.29, 1.82) is 0 Å². The lowest BCUT2D eigenvalue weighted by atomic mass is 10.1. The molecule has 0 aliphatic carbocycles. The van der Waals surface area contributed by atoms with E-state index in [-0.39, 0.29) is 0 Å². The summed E-state index contributed by atoms with van der Waals surface area (Å²) >= 11 is 0. The molecule has 1 unspecified atom stereocenters. The van der Waals surface area contributed by atoms with Crippen molar-refractivity contribution >= 4 is 11.5 Å². The number of nitrogens with two attached hydrogens (primary N) is 1. The largest absolute Gasteiger partial charge is 0.397 e. The lowest BCUT2D eigenvalue weighted by Gasteiger charge is -2.22. The van der Waals surface area contributed by atoms with Crippen molar-refractivity contribution in [2.24, 2.45) is 5.92 Å². The average Bonchev–Trinajstić information content (AvgIpc) is 2.65.